The SMILES string of the molecule is Cc1cc(CN2CCN(C(=O)c3ccc(Br)cc3)CC2)no1. The minimum Gasteiger partial charge on any atom is -0.361 e. The van der Waals surface area contributed by atoms with Gasteiger partial charge in [0.05, 0.1) is 5.69 Å². The molecule has 1 aromatic carbocycles. The summed E-state index contributed by atoms with van der Waals surface area (Å²) in [5, 5.41) is 4.02. The Morgan fingerprint density at radius 2 is 1.91 bits per heavy atom. The van der Waals surface area contributed by atoms with Gasteiger partial charge < -0.3 is 9.42 Å². The van der Waals surface area contributed by atoms with Gasteiger partial charge in [-0.2, -0.15) is 0 Å². The predicted molar refractivity (Wildman–Crippen MR) is 86.6 cm³/mol. The van der Waals surface area contributed by atoms with Crippen LogP contribution in [0.3, 0.4) is 0 Å². The number of aryl methyl sites for hydroxylation is 1. The fourth-order valence-electron chi connectivity index (χ4n) is 2.61. The van der Waals surface area contributed by atoms with Crippen LogP contribution in [0.25, 0.3) is 0 Å². The van der Waals surface area contributed by atoms with Crippen molar-refractivity contribution in [2.45, 2.75) is 13.5 Å². The van der Waals surface area contributed by atoms with Crippen LogP contribution in [0.15, 0.2) is 39.3 Å². The van der Waals surface area contributed by atoms with Crippen LogP contribution in [0.1, 0.15) is 21.8 Å². The molecule has 0 radical (unpaired) electrons. The van der Waals surface area contributed by atoms with Crippen molar-refractivity contribution in [3.8, 4) is 0 Å². The lowest BCUT2D eigenvalue weighted by atomic mass is 10.2. The summed E-state index contributed by atoms with van der Waals surface area (Å²) in [6.07, 6.45) is 0. The average molecular weight is 364 g/mol. The normalized spacial score (nSPS) is 16.0. The third-order valence-corrected chi connectivity index (χ3v) is 4.34. The zero-order valence-corrected chi connectivity index (χ0v) is 14.0. The van der Waals surface area contributed by atoms with Crippen LogP contribution < -0.4 is 0 Å². The van der Waals surface area contributed by atoms with Crippen LogP contribution in [0.2, 0.25) is 0 Å². The maximum Gasteiger partial charge on any atom is 0.253 e. The molecule has 3 rings (SSSR count). The van der Waals surface area contributed by atoms with E-state index in [1.807, 2.05) is 42.2 Å². The lowest BCUT2D eigenvalue weighted by Crippen LogP contribution is -2.48. The Hall–Kier alpha value is -1.66. The average Bonchev–Trinajstić information content (AvgIpc) is 2.93. The van der Waals surface area contributed by atoms with Gasteiger partial charge in [-0.25, -0.2) is 0 Å². The highest BCUT2D eigenvalue weighted by Gasteiger charge is 2.22. The molecule has 22 heavy (non-hydrogen) atoms. The number of rotatable bonds is 3. The molecular weight excluding hydrogens is 346 g/mol. The van der Waals surface area contributed by atoms with E-state index in [1.165, 1.54) is 0 Å². The Bertz CT molecular complexity index is 646. The number of nitrogens with zero attached hydrogens (tertiary/aromatic N) is 3. The van der Waals surface area contributed by atoms with Gasteiger partial charge >= 0.3 is 0 Å². The van der Waals surface area contributed by atoms with Crippen LogP contribution >= 0.6 is 15.9 Å². The second-order valence-electron chi connectivity index (χ2n) is 5.50. The van der Waals surface area contributed by atoms with Crippen molar-refractivity contribution in [1.29, 1.82) is 0 Å². The van der Waals surface area contributed by atoms with E-state index in [2.05, 4.69) is 26.0 Å². The lowest BCUT2D eigenvalue weighted by Gasteiger charge is -2.34. The van der Waals surface area contributed by atoms with Crippen molar-refractivity contribution in [2.24, 2.45) is 0 Å². The molecule has 1 aromatic heterocycles. The molecule has 6 heteroatoms. The molecule has 1 saturated heterocycles. The number of hydrogen-bond acceptors (Lipinski definition) is 4. The summed E-state index contributed by atoms with van der Waals surface area (Å²) in [6.45, 7) is 5.86. The standard InChI is InChI=1S/C16H18BrN3O2/c1-12-10-15(18-22-12)11-19-6-8-20(9-7-19)16(21)13-2-4-14(17)5-3-13/h2-5,10H,6-9,11H2,1H3. The quantitative estimate of drug-likeness (QED) is 0.841. The van der Waals surface area contributed by atoms with E-state index in [0.717, 1.165) is 54.2 Å². The molecule has 0 spiro atoms. The summed E-state index contributed by atoms with van der Waals surface area (Å²) in [7, 11) is 0. The molecule has 2 heterocycles. The smallest absolute Gasteiger partial charge is 0.253 e. The molecular formula is C16H18BrN3O2. The summed E-state index contributed by atoms with van der Waals surface area (Å²) >= 11 is 3.39. The number of carbonyl (C=O) groups is 1. The van der Waals surface area contributed by atoms with Crippen molar-refractivity contribution >= 4 is 21.8 Å². The van der Waals surface area contributed by atoms with Crippen molar-refractivity contribution in [1.82, 2.24) is 15.0 Å². The van der Waals surface area contributed by atoms with Gasteiger partial charge in [0.1, 0.15) is 5.76 Å². The molecule has 0 unspecified atom stereocenters. The predicted octanol–water partition coefficient (Wildman–Crippen LogP) is 2.70. The number of carbonyl (C=O) groups excluding carboxylic acids is 1. The van der Waals surface area contributed by atoms with Gasteiger partial charge in [0.25, 0.3) is 5.91 Å². The Labute approximate surface area is 138 Å². The molecule has 5 nitrogen and oxygen atoms in total. The van der Waals surface area contributed by atoms with E-state index in [-0.39, 0.29) is 5.91 Å². The van der Waals surface area contributed by atoms with E-state index in [4.69, 9.17) is 4.52 Å². The van der Waals surface area contributed by atoms with Crippen LogP contribution in [-0.2, 0) is 6.54 Å². The number of piperazine rings is 1. The highest BCUT2D eigenvalue weighted by atomic mass is 79.9. The van der Waals surface area contributed by atoms with Crippen molar-refractivity contribution < 1.29 is 9.32 Å². The Balaban J connectivity index is 1.55. The van der Waals surface area contributed by atoms with Crippen molar-refractivity contribution in [3.63, 3.8) is 0 Å². The Kier molecular flexibility index (Phi) is 4.59. The monoisotopic (exact) mass is 363 g/mol. The summed E-state index contributed by atoms with van der Waals surface area (Å²) in [4.78, 5) is 16.6. The first-order valence-corrected chi connectivity index (χ1v) is 8.10. The highest BCUT2D eigenvalue weighted by molar-refractivity contribution is 9.10. The largest absolute Gasteiger partial charge is 0.361 e. The second kappa shape index (κ2) is 6.62. The Morgan fingerprint density at radius 1 is 1.23 bits per heavy atom. The van der Waals surface area contributed by atoms with Gasteiger partial charge in [0, 0.05) is 48.8 Å². The fraction of sp³-hybridized carbons (Fsp3) is 0.375. The number of amides is 1. The van der Waals surface area contributed by atoms with E-state index in [0.29, 0.717) is 0 Å². The fourth-order valence-corrected chi connectivity index (χ4v) is 2.87. The molecule has 1 aliphatic heterocycles. The minimum atomic E-state index is 0.101. The first kappa shape index (κ1) is 15.2. The Morgan fingerprint density at radius 3 is 2.50 bits per heavy atom. The summed E-state index contributed by atoms with van der Waals surface area (Å²) < 4.78 is 6.07. The van der Waals surface area contributed by atoms with Crippen molar-refractivity contribution in [3.05, 3.63) is 51.8 Å². The molecule has 0 bridgehead atoms. The van der Waals surface area contributed by atoms with Crippen molar-refractivity contribution in [2.75, 3.05) is 26.2 Å². The molecule has 2 aromatic rings. The molecule has 1 fully saturated rings. The van der Waals surface area contributed by atoms with Gasteiger partial charge in [0.2, 0.25) is 0 Å². The van der Waals surface area contributed by atoms with Crippen LogP contribution in [0.5, 0.6) is 0 Å². The van der Waals surface area contributed by atoms with Gasteiger partial charge in [0.15, 0.2) is 0 Å². The number of aromatic nitrogens is 1. The van der Waals surface area contributed by atoms with Gasteiger partial charge in [-0.3, -0.25) is 9.69 Å². The topological polar surface area (TPSA) is 49.6 Å². The molecule has 1 amide bonds. The zero-order valence-electron chi connectivity index (χ0n) is 12.5. The van der Waals surface area contributed by atoms with E-state index >= 15 is 0 Å². The summed E-state index contributed by atoms with van der Waals surface area (Å²) in [6, 6.07) is 9.47. The third-order valence-electron chi connectivity index (χ3n) is 3.81. The second-order valence-corrected chi connectivity index (χ2v) is 6.42. The van der Waals surface area contributed by atoms with Gasteiger partial charge in [-0.05, 0) is 31.2 Å². The molecule has 0 atom stereocenters. The van der Waals surface area contributed by atoms with Crippen LogP contribution in [-0.4, -0.2) is 47.0 Å². The van der Waals surface area contributed by atoms with Gasteiger partial charge in [-0.15, -0.1) is 0 Å². The maximum absolute atomic E-state index is 12.4. The summed E-state index contributed by atoms with van der Waals surface area (Å²) in [5.41, 5.74) is 1.69. The first-order valence-electron chi connectivity index (χ1n) is 7.31. The maximum atomic E-state index is 12.4. The van der Waals surface area contributed by atoms with Crippen LogP contribution in [0.4, 0.5) is 0 Å². The lowest BCUT2D eigenvalue weighted by molar-refractivity contribution is 0.0625. The molecule has 1 aliphatic rings. The number of hydrogen-bond donors (Lipinski definition) is 0. The number of halogens is 1. The molecule has 0 N–H and O–H groups in total. The van der Waals surface area contributed by atoms with Crippen LogP contribution in [0, 0.1) is 6.92 Å². The minimum absolute atomic E-state index is 0.101. The van der Waals surface area contributed by atoms with Gasteiger partial charge in [-0.1, -0.05) is 21.1 Å². The zero-order chi connectivity index (χ0) is 15.5. The molecule has 116 valence electrons. The molecule has 0 aliphatic carbocycles. The molecule has 0 saturated carbocycles. The van der Waals surface area contributed by atoms with E-state index < -0.39 is 0 Å². The summed E-state index contributed by atoms with van der Waals surface area (Å²) in [5.74, 6) is 0.934. The first-order chi connectivity index (χ1) is 10.6. The highest BCUT2D eigenvalue weighted by Crippen LogP contribution is 2.14. The van der Waals surface area contributed by atoms with E-state index in [9.17, 15) is 4.79 Å². The van der Waals surface area contributed by atoms with E-state index in [1.54, 1.807) is 0 Å². The number of benzene rings is 1. The third kappa shape index (κ3) is 3.56.